The van der Waals surface area contributed by atoms with E-state index in [1.54, 1.807) is 0 Å². The summed E-state index contributed by atoms with van der Waals surface area (Å²) in [5, 5.41) is 8.68. The molecule has 0 amide bonds. The third-order valence-corrected chi connectivity index (χ3v) is 2.05. The summed E-state index contributed by atoms with van der Waals surface area (Å²) in [5.74, 6) is 0.613. The molecule has 3 atom stereocenters. The molecule has 52 valence electrons. The van der Waals surface area contributed by atoms with Crippen LogP contribution in [0.1, 0.15) is 13.3 Å². The lowest BCUT2D eigenvalue weighted by molar-refractivity contribution is 0.0405. The van der Waals surface area contributed by atoms with Crippen molar-refractivity contribution in [3.8, 4) is 0 Å². The molecule has 3 heteroatoms. The second-order valence-corrected chi connectivity index (χ2v) is 2.86. The van der Waals surface area contributed by atoms with E-state index < -0.39 is 0 Å². The van der Waals surface area contributed by atoms with Crippen LogP contribution >= 0.6 is 0 Å². The molecule has 1 N–H and O–H groups in total. The molecule has 1 fully saturated rings. The van der Waals surface area contributed by atoms with Crippen molar-refractivity contribution in [3.05, 3.63) is 0 Å². The topological polar surface area (TPSA) is 29.5 Å². The van der Waals surface area contributed by atoms with E-state index in [1.165, 1.54) is 0 Å². The fourth-order valence-corrected chi connectivity index (χ4v) is 1.22. The van der Waals surface area contributed by atoms with E-state index in [2.05, 4.69) is 14.8 Å². The van der Waals surface area contributed by atoms with Gasteiger partial charge >= 0.3 is 0 Å². The number of ether oxygens (including phenoxy) is 1. The number of aliphatic hydroxyl groups is 1. The normalized spacial score (nSPS) is 43.6. The molecule has 0 radical (unpaired) electrons. The Morgan fingerprint density at radius 1 is 1.78 bits per heavy atom. The molecule has 0 aromatic rings. The highest BCUT2D eigenvalue weighted by Crippen LogP contribution is 2.23. The monoisotopic (exact) mass is 128 g/mol. The summed E-state index contributed by atoms with van der Waals surface area (Å²) in [6.07, 6.45) is 1.12. The lowest BCUT2D eigenvalue weighted by Gasteiger charge is -2.06. The standard InChI is InChI=1S/C6H13BO2/c1-4-2-5(3-8)9-6(4)7/h4-6,8H,2-3,7H2,1H3/t4-,5-,6+/m0/s1. The highest BCUT2D eigenvalue weighted by molar-refractivity contribution is 6.11. The summed E-state index contributed by atoms with van der Waals surface area (Å²) in [6.45, 7) is 2.33. The Morgan fingerprint density at radius 2 is 2.44 bits per heavy atom. The largest absolute Gasteiger partial charge is 0.394 e. The molecule has 2 nitrogen and oxygen atoms in total. The molecule has 1 rings (SSSR count). The maximum absolute atomic E-state index is 8.68. The first kappa shape index (κ1) is 7.10. The molecule has 0 aromatic heterocycles. The summed E-state index contributed by atoms with van der Waals surface area (Å²) in [4.78, 5) is 0. The van der Waals surface area contributed by atoms with Crippen molar-refractivity contribution in [2.24, 2.45) is 5.92 Å². The minimum absolute atomic E-state index is 0.106. The van der Waals surface area contributed by atoms with Gasteiger partial charge in [-0.25, -0.2) is 0 Å². The Morgan fingerprint density at radius 3 is 2.67 bits per heavy atom. The van der Waals surface area contributed by atoms with Crippen molar-refractivity contribution in [2.75, 3.05) is 6.61 Å². The van der Waals surface area contributed by atoms with Crippen LogP contribution in [0.5, 0.6) is 0 Å². The first-order valence-electron chi connectivity index (χ1n) is 3.50. The van der Waals surface area contributed by atoms with Crippen LogP contribution in [-0.4, -0.2) is 31.7 Å². The van der Waals surface area contributed by atoms with Gasteiger partial charge in [-0.1, -0.05) is 6.92 Å². The molecule has 1 aliphatic heterocycles. The number of hydrogen-bond acceptors (Lipinski definition) is 2. The van der Waals surface area contributed by atoms with E-state index in [-0.39, 0.29) is 12.7 Å². The van der Waals surface area contributed by atoms with Gasteiger partial charge < -0.3 is 9.84 Å². The molecule has 0 saturated carbocycles. The summed E-state index contributed by atoms with van der Waals surface area (Å²) >= 11 is 0. The highest BCUT2D eigenvalue weighted by atomic mass is 16.5. The van der Waals surface area contributed by atoms with Crippen molar-refractivity contribution in [1.29, 1.82) is 0 Å². The summed E-state index contributed by atoms with van der Waals surface area (Å²) in [6, 6.07) is 0.335. The number of aliphatic hydroxyl groups excluding tert-OH is 1. The molecule has 0 aromatic carbocycles. The predicted octanol–water partition coefficient (Wildman–Crippen LogP) is -0.637. The van der Waals surface area contributed by atoms with Crippen LogP contribution in [0.2, 0.25) is 0 Å². The maximum atomic E-state index is 8.68. The van der Waals surface area contributed by atoms with Crippen LogP contribution < -0.4 is 0 Å². The minimum Gasteiger partial charge on any atom is -0.394 e. The quantitative estimate of drug-likeness (QED) is 0.476. The summed E-state index contributed by atoms with van der Waals surface area (Å²) < 4.78 is 5.37. The van der Waals surface area contributed by atoms with Gasteiger partial charge in [-0.3, -0.25) is 0 Å². The Balaban J connectivity index is 2.35. The maximum Gasteiger partial charge on any atom is 0.139 e. The van der Waals surface area contributed by atoms with Gasteiger partial charge in [-0.15, -0.1) is 0 Å². The summed E-state index contributed by atoms with van der Waals surface area (Å²) in [5.41, 5.74) is 0. The third kappa shape index (κ3) is 1.46. The van der Waals surface area contributed by atoms with E-state index in [1.807, 2.05) is 0 Å². The van der Waals surface area contributed by atoms with Crippen molar-refractivity contribution in [2.45, 2.75) is 25.5 Å². The van der Waals surface area contributed by atoms with E-state index in [0.29, 0.717) is 11.9 Å². The SMILES string of the molecule is B[C@@H]1O[C@H](CO)C[C@@H]1C. The Hall–Kier alpha value is -0.0151. The van der Waals surface area contributed by atoms with Gasteiger partial charge in [0.1, 0.15) is 7.85 Å². The van der Waals surface area contributed by atoms with Crippen LogP contribution in [0.15, 0.2) is 0 Å². The first-order valence-corrected chi connectivity index (χ1v) is 3.50. The molecular weight excluding hydrogens is 115 g/mol. The molecule has 1 heterocycles. The fraction of sp³-hybridized carbons (Fsp3) is 1.00. The van der Waals surface area contributed by atoms with Crippen LogP contribution in [0, 0.1) is 5.92 Å². The second kappa shape index (κ2) is 2.71. The van der Waals surface area contributed by atoms with Gasteiger partial charge in [-0.05, 0) is 12.3 Å². The molecule has 1 aliphatic rings. The van der Waals surface area contributed by atoms with Gasteiger partial charge in [0.2, 0.25) is 0 Å². The second-order valence-electron chi connectivity index (χ2n) is 2.86. The average molecular weight is 128 g/mol. The molecule has 9 heavy (non-hydrogen) atoms. The average Bonchev–Trinajstić information content (AvgIpc) is 2.13. The van der Waals surface area contributed by atoms with E-state index in [0.717, 1.165) is 6.42 Å². The number of hydrogen-bond donors (Lipinski definition) is 1. The van der Waals surface area contributed by atoms with Gasteiger partial charge in [0.25, 0.3) is 0 Å². The third-order valence-electron chi connectivity index (χ3n) is 2.05. The zero-order valence-corrected chi connectivity index (χ0v) is 6.00. The zero-order chi connectivity index (χ0) is 6.85. The van der Waals surface area contributed by atoms with Crippen molar-refractivity contribution < 1.29 is 9.84 Å². The van der Waals surface area contributed by atoms with Gasteiger partial charge in [0.05, 0.1) is 12.7 Å². The number of rotatable bonds is 1. The molecule has 0 unspecified atom stereocenters. The van der Waals surface area contributed by atoms with Crippen molar-refractivity contribution in [3.63, 3.8) is 0 Å². The molecule has 0 spiro atoms. The Labute approximate surface area is 56.6 Å². The Kier molecular flexibility index (Phi) is 2.14. The predicted molar refractivity (Wildman–Crippen MR) is 38.1 cm³/mol. The van der Waals surface area contributed by atoms with Crippen molar-refractivity contribution >= 4 is 7.85 Å². The van der Waals surface area contributed by atoms with Crippen molar-refractivity contribution in [1.82, 2.24) is 0 Å². The minimum atomic E-state index is 0.106. The fourth-order valence-electron chi connectivity index (χ4n) is 1.22. The van der Waals surface area contributed by atoms with E-state index in [4.69, 9.17) is 9.84 Å². The van der Waals surface area contributed by atoms with E-state index in [9.17, 15) is 0 Å². The smallest absolute Gasteiger partial charge is 0.139 e. The molecule has 1 saturated heterocycles. The van der Waals surface area contributed by atoms with Crippen LogP contribution in [0.25, 0.3) is 0 Å². The van der Waals surface area contributed by atoms with E-state index >= 15 is 0 Å². The van der Waals surface area contributed by atoms with Gasteiger partial charge in [0, 0.05) is 6.00 Å². The molecular formula is C6H13BO2. The first-order chi connectivity index (χ1) is 4.24. The highest BCUT2D eigenvalue weighted by Gasteiger charge is 2.27. The lowest BCUT2D eigenvalue weighted by Crippen LogP contribution is -2.15. The lowest BCUT2D eigenvalue weighted by atomic mass is 9.88. The zero-order valence-electron chi connectivity index (χ0n) is 6.00. The Bertz CT molecular complexity index is 87.1. The summed E-state index contributed by atoms with van der Waals surface area (Å²) in [7, 11) is 2.06. The molecule has 0 aliphatic carbocycles. The van der Waals surface area contributed by atoms with Crippen LogP contribution in [-0.2, 0) is 4.74 Å². The van der Waals surface area contributed by atoms with Gasteiger partial charge in [-0.2, -0.15) is 0 Å². The molecule has 0 bridgehead atoms. The van der Waals surface area contributed by atoms with Crippen LogP contribution in [0.3, 0.4) is 0 Å². The van der Waals surface area contributed by atoms with Crippen LogP contribution in [0.4, 0.5) is 0 Å². The van der Waals surface area contributed by atoms with Gasteiger partial charge in [0.15, 0.2) is 0 Å².